The normalized spacial score (nSPS) is 20.3. The van der Waals surface area contributed by atoms with Crippen LogP contribution in [0.3, 0.4) is 0 Å². The topological polar surface area (TPSA) is 64.7 Å². The lowest BCUT2D eigenvalue weighted by Gasteiger charge is -2.26. The Morgan fingerprint density at radius 3 is 2.48 bits per heavy atom. The van der Waals surface area contributed by atoms with Gasteiger partial charge in [0.1, 0.15) is 5.04 Å². The number of benzene rings is 2. The number of thioether (sulfide) groups is 1. The molecule has 1 aliphatic heterocycles. The molecule has 1 heterocycles. The summed E-state index contributed by atoms with van der Waals surface area (Å²) in [6, 6.07) is 16.4. The van der Waals surface area contributed by atoms with E-state index >= 15 is 0 Å². The van der Waals surface area contributed by atoms with Gasteiger partial charge in [-0.3, -0.25) is 10.1 Å². The summed E-state index contributed by atoms with van der Waals surface area (Å²) < 4.78 is 9.92. The third-order valence-electron chi connectivity index (χ3n) is 3.27. The molecule has 23 heavy (non-hydrogen) atoms. The molecule has 5 nitrogen and oxygen atoms in total. The van der Waals surface area contributed by atoms with Crippen molar-refractivity contribution in [3.63, 3.8) is 0 Å². The summed E-state index contributed by atoms with van der Waals surface area (Å²) in [5, 5.41) is 11.6. The van der Waals surface area contributed by atoms with Gasteiger partial charge in [-0.25, -0.2) is 4.40 Å². The van der Waals surface area contributed by atoms with Gasteiger partial charge < -0.3 is 4.74 Å². The second-order valence-electron chi connectivity index (χ2n) is 4.75. The van der Waals surface area contributed by atoms with E-state index in [1.165, 1.54) is 35.8 Å². The van der Waals surface area contributed by atoms with Crippen LogP contribution in [0, 0.1) is 10.1 Å². The predicted molar refractivity (Wildman–Crippen MR) is 94.6 cm³/mol. The number of nitro benzene ring substituents is 1. The lowest BCUT2D eigenvalue weighted by Crippen LogP contribution is -2.20. The van der Waals surface area contributed by atoms with E-state index in [1.807, 2.05) is 37.3 Å². The summed E-state index contributed by atoms with van der Waals surface area (Å²) >= 11 is 2.90. The molecule has 0 aromatic heterocycles. The van der Waals surface area contributed by atoms with Gasteiger partial charge in [-0.05, 0) is 19.1 Å². The first-order chi connectivity index (χ1) is 11.1. The lowest BCUT2D eigenvalue weighted by atomic mass is 10.2. The highest BCUT2D eigenvalue weighted by Gasteiger charge is 2.41. The quantitative estimate of drug-likeness (QED) is 0.450. The van der Waals surface area contributed by atoms with Gasteiger partial charge in [-0.15, -0.1) is 0 Å². The average Bonchev–Trinajstić information content (AvgIpc) is 3.02. The molecule has 0 spiro atoms. The molecule has 7 heteroatoms. The molecule has 0 aliphatic carbocycles. The van der Waals surface area contributed by atoms with E-state index in [1.54, 1.807) is 12.1 Å². The van der Waals surface area contributed by atoms with E-state index in [0.717, 1.165) is 16.2 Å². The zero-order chi connectivity index (χ0) is 16.3. The Morgan fingerprint density at radius 1 is 1.17 bits per heavy atom. The highest BCUT2D eigenvalue weighted by atomic mass is 32.2. The first kappa shape index (κ1) is 16.0. The first-order valence-corrected chi connectivity index (χ1v) is 8.63. The number of hydrogen-bond acceptors (Lipinski definition) is 6. The monoisotopic (exact) mass is 346 g/mol. The van der Waals surface area contributed by atoms with Crippen LogP contribution in [0.25, 0.3) is 0 Å². The molecule has 0 N–H and O–H groups in total. The summed E-state index contributed by atoms with van der Waals surface area (Å²) in [4.78, 5) is 10.3. The molecular formula is C16H14N2O3S2. The molecule has 0 saturated carbocycles. The average molecular weight is 346 g/mol. The van der Waals surface area contributed by atoms with Gasteiger partial charge in [-0.2, -0.15) is 0 Å². The number of ether oxygens (including phenoxy) is 1. The van der Waals surface area contributed by atoms with Crippen molar-refractivity contribution in [1.82, 2.24) is 0 Å². The molecule has 0 bridgehead atoms. The van der Waals surface area contributed by atoms with Gasteiger partial charge in [0, 0.05) is 41.8 Å². The third kappa shape index (κ3) is 3.26. The van der Waals surface area contributed by atoms with Crippen LogP contribution in [0.4, 0.5) is 5.69 Å². The Morgan fingerprint density at radius 2 is 1.87 bits per heavy atom. The standard InChI is InChI=1S/C16H14N2O3S2/c1-2-21-16(13-6-4-3-5-7-13)22-15(17-23-16)12-8-10-14(11-9-12)18(19)20/h3-11H,2H2,1H3. The Hall–Kier alpha value is -1.83. The van der Waals surface area contributed by atoms with Crippen molar-refractivity contribution in [3.05, 3.63) is 75.8 Å². The van der Waals surface area contributed by atoms with Gasteiger partial charge in [0.25, 0.3) is 5.69 Å². The maximum Gasteiger partial charge on any atom is 0.269 e. The summed E-state index contributed by atoms with van der Waals surface area (Å²) in [6.45, 7) is 2.52. The van der Waals surface area contributed by atoms with Gasteiger partial charge in [0.15, 0.2) is 0 Å². The van der Waals surface area contributed by atoms with Crippen LogP contribution >= 0.6 is 23.7 Å². The minimum absolute atomic E-state index is 0.0733. The molecule has 1 unspecified atom stereocenters. The number of hydrogen-bond donors (Lipinski definition) is 0. The second kappa shape index (κ2) is 6.74. The number of nitro groups is 1. The Bertz CT molecular complexity index is 735. The van der Waals surface area contributed by atoms with Crippen LogP contribution in [0.1, 0.15) is 18.1 Å². The van der Waals surface area contributed by atoms with E-state index in [2.05, 4.69) is 4.40 Å². The van der Waals surface area contributed by atoms with Crippen LogP contribution in [0.2, 0.25) is 0 Å². The fourth-order valence-corrected chi connectivity index (χ4v) is 4.60. The predicted octanol–water partition coefficient (Wildman–Crippen LogP) is 4.58. The maximum absolute atomic E-state index is 10.8. The van der Waals surface area contributed by atoms with Crippen LogP contribution in [0.15, 0.2) is 59.0 Å². The second-order valence-corrected chi connectivity index (χ2v) is 7.11. The van der Waals surface area contributed by atoms with Crippen LogP contribution in [-0.4, -0.2) is 16.6 Å². The molecule has 0 saturated heterocycles. The van der Waals surface area contributed by atoms with Crippen LogP contribution in [0.5, 0.6) is 0 Å². The van der Waals surface area contributed by atoms with E-state index in [-0.39, 0.29) is 5.69 Å². The summed E-state index contributed by atoms with van der Waals surface area (Å²) in [5.74, 6) is 0. The van der Waals surface area contributed by atoms with Crippen molar-refractivity contribution >= 4 is 34.4 Å². The smallest absolute Gasteiger partial charge is 0.269 e. The van der Waals surface area contributed by atoms with Gasteiger partial charge >= 0.3 is 0 Å². The van der Waals surface area contributed by atoms with Gasteiger partial charge in [-0.1, -0.05) is 42.1 Å². The molecule has 2 aromatic rings. The summed E-state index contributed by atoms with van der Waals surface area (Å²) in [6.07, 6.45) is 0. The molecular weight excluding hydrogens is 332 g/mol. The summed E-state index contributed by atoms with van der Waals surface area (Å²) in [7, 11) is 0. The van der Waals surface area contributed by atoms with Crippen molar-refractivity contribution in [3.8, 4) is 0 Å². The van der Waals surface area contributed by atoms with E-state index in [4.69, 9.17) is 4.74 Å². The molecule has 0 fully saturated rings. The molecule has 1 atom stereocenters. The Kier molecular flexibility index (Phi) is 4.70. The molecule has 0 amide bonds. The number of non-ortho nitro benzene ring substituents is 1. The van der Waals surface area contributed by atoms with Crippen LogP contribution < -0.4 is 0 Å². The Balaban J connectivity index is 1.86. The van der Waals surface area contributed by atoms with Crippen LogP contribution in [-0.2, 0) is 9.00 Å². The van der Waals surface area contributed by atoms with Gasteiger partial charge in [0.2, 0.25) is 4.27 Å². The van der Waals surface area contributed by atoms with E-state index in [0.29, 0.717) is 6.61 Å². The molecule has 118 valence electrons. The van der Waals surface area contributed by atoms with Crippen molar-refractivity contribution in [2.24, 2.45) is 4.40 Å². The SMILES string of the molecule is CCOC1(c2ccccc2)SN=C(c2ccc([N+](=O)[O-])cc2)S1. The van der Waals surface area contributed by atoms with Crippen molar-refractivity contribution in [2.45, 2.75) is 11.2 Å². The van der Waals surface area contributed by atoms with E-state index < -0.39 is 9.19 Å². The fourth-order valence-electron chi connectivity index (χ4n) is 2.19. The summed E-state index contributed by atoms with van der Waals surface area (Å²) in [5.41, 5.74) is 1.97. The number of rotatable bonds is 5. The molecule has 1 aliphatic rings. The minimum atomic E-state index is -0.604. The van der Waals surface area contributed by atoms with Gasteiger partial charge in [0.05, 0.1) is 4.92 Å². The maximum atomic E-state index is 10.8. The lowest BCUT2D eigenvalue weighted by molar-refractivity contribution is -0.384. The zero-order valence-electron chi connectivity index (χ0n) is 12.3. The van der Waals surface area contributed by atoms with Crippen molar-refractivity contribution < 1.29 is 9.66 Å². The highest BCUT2D eigenvalue weighted by molar-refractivity contribution is 8.28. The van der Waals surface area contributed by atoms with E-state index in [9.17, 15) is 10.1 Å². The molecule has 2 aromatic carbocycles. The number of nitrogens with zero attached hydrogens (tertiary/aromatic N) is 2. The molecule has 3 rings (SSSR count). The fraction of sp³-hybridized carbons (Fsp3) is 0.188. The largest absolute Gasteiger partial charge is 0.349 e. The molecule has 0 radical (unpaired) electrons. The first-order valence-electron chi connectivity index (χ1n) is 7.04. The van der Waals surface area contributed by atoms with Crippen molar-refractivity contribution in [1.29, 1.82) is 0 Å². The Labute approximate surface area is 142 Å². The van der Waals surface area contributed by atoms with Crippen molar-refractivity contribution in [2.75, 3.05) is 6.61 Å². The zero-order valence-corrected chi connectivity index (χ0v) is 14.0. The highest BCUT2D eigenvalue weighted by Crippen LogP contribution is 2.54. The minimum Gasteiger partial charge on any atom is -0.349 e. The third-order valence-corrected chi connectivity index (χ3v) is 5.87.